The summed E-state index contributed by atoms with van der Waals surface area (Å²) in [6, 6.07) is 6.67. The molecule has 1 heterocycles. The number of halogens is 1. The van der Waals surface area contributed by atoms with Crippen LogP contribution in [0.1, 0.15) is 18.4 Å². The third-order valence-corrected chi connectivity index (χ3v) is 3.71. The van der Waals surface area contributed by atoms with Crippen molar-refractivity contribution in [2.45, 2.75) is 25.5 Å². The normalized spacial score (nSPS) is 17.0. The lowest BCUT2D eigenvalue weighted by molar-refractivity contribution is -0.385. The van der Waals surface area contributed by atoms with Crippen molar-refractivity contribution < 1.29 is 14.4 Å². The van der Waals surface area contributed by atoms with Crippen LogP contribution in [-0.4, -0.2) is 50.4 Å². The Hall–Kier alpha value is -1.46. The van der Waals surface area contributed by atoms with Crippen LogP contribution in [0.15, 0.2) is 29.3 Å². The van der Waals surface area contributed by atoms with Gasteiger partial charge in [0.05, 0.1) is 17.6 Å². The molecule has 1 aliphatic heterocycles. The molecule has 2 N–H and O–H groups in total. The molecule has 8 nitrogen and oxygen atoms in total. The van der Waals surface area contributed by atoms with Crippen molar-refractivity contribution in [3.8, 4) is 0 Å². The van der Waals surface area contributed by atoms with Gasteiger partial charge in [-0.15, -0.1) is 24.0 Å². The zero-order valence-corrected chi connectivity index (χ0v) is 16.6. The van der Waals surface area contributed by atoms with E-state index in [1.807, 2.05) is 0 Å². The molecule has 1 fully saturated rings. The van der Waals surface area contributed by atoms with E-state index < -0.39 is 0 Å². The molecule has 25 heavy (non-hydrogen) atoms. The first-order valence-corrected chi connectivity index (χ1v) is 8.07. The number of para-hydroxylation sites is 1. The number of nitrogens with one attached hydrogen (secondary N) is 2. The number of nitrogens with zero attached hydrogens (tertiary/aromatic N) is 2. The van der Waals surface area contributed by atoms with Gasteiger partial charge >= 0.3 is 0 Å². The lowest BCUT2D eigenvalue weighted by Gasteiger charge is -2.13. The Kier molecular flexibility index (Phi) is 10.3. The Morgan fingerprint density at radius 1 is 1.44 bits per heavy atom. The largest absolute Gasteiger partial charge is 0.379 e. The predicted molar refractivity (Wildman–Crippen MR) is 107 cm³/mol. The van der Waals surface area contributed by atoms with Gasteiger partial charge in [0.1, 0.15) is 0 Å². The maximum absolute atomic E-state index is 11.0. The molecular formula is C16H25IN4O4. The molecule has 0 spiro atoms. The number of aliphatic imine (C=N–C) groups is 1. The van der Waals surface area contributed by atoms with E-state index in [2.05, 4.69) is 15.6 Å². The summed E-state index contributed by atoms with van der Waals surface area (Å²) in [5, 5.41) is 17.3. The van der Waals surface area contributed by atoms with Crippen molar-refractivity contribution in [1.29, 1.82) is 0 Å². The molecule has 0 aliphatic carbocycles. The highest BCUT2D eigenvalue weighted by Crippen LogP contribution is 2.16. The van der Waals surface area contributed by atoms with Gasteiger partial charge in [-0.3, -0.25) is 15.1 Å². The number of ether oxygens (including phenoxy) is 2. The SMILES string of the molecule is CN=C(NCCCOC1CCOC1)NCc1ccccc1[N+](=O)[O-].I. The van der Waals surface area contributed by atoms with E-state index in [4.69, 9.17) is 9.47 Å². The van der Waals surface area contributed by atoms with Gasteiger partial charge in [0, 0.05) is 45.0 Å². The highest BCUT2D eigenvalue weighted by molar-refractivity contribution is 14.0. The second-order valence-corrected chi connectivity index (χ2v) is 5.45. The molecule has 0 bridgehead atoms. The first-order valence-electron chi connectivity index (χ1n) is 8.07. The second kappa shape index (κ2) is 12.0. The number of hydrogen-bond acceptors (Lipinski definition) is 5. The minimum atomic E-state index is -0.378. The lowest BCUT2D eigenvalue weighted by Crippen LogP contribution is -2.37. The van der Waals surface area contributed by atoms with Gasteiger partial charge in [-0.1, -0.05) is 18.2 Å². The van der Waals surface area contributed by atoms with Crippen LogP contribution in [-0.2, 0) is 16.0 Å². The minimum Gasteiger partial charge on any atom is -0.379 e. The Morgan fingerprint density at radius 3 is 2.92 bits per heavy atom. The maximum Gasteiger partial charge on any atom is 0.274 e. The van der Waals surface area contributed by atoms with Gasteiger partial charge < -0.3 is 20.1 Å². The smallest absolute Gasteiger partial charge is 0.274 e. The lowest BCUT2D eigenvalue weighted by atomic mass is 10.2. The van der Waals surface area contributed by atoms with Gasteiger partial charge in [0.2, 0.25) is 0 Å². The number of benzene rings is 1. The Morgan fingerprint density at radius 2 is 2.24 bits per heavy atom. The fourth-order valence-electron chi connectivity index (χ4n) is 2.41. The Bertz CT molecular complexity index is 565. The highest BCUT2D eigenvalue weighted by Gasteiger charge is 2.15. The molecule has 140 valence electrons. The fraction of sp³-hybridized carbons (Fsp3) is 0.562. The Balaban J connectivity index is 0.00000312. The van der Waals surface area contributed by atoms with Crippen molar-refractivity contribution in [2.24, 2.45) is 4.99 Å². The number of rotatable bonds is 8. The maximum atomic E-state index is 11.0. The van der Waals surface area contributed by atoms with Crippen LogP contribution < -0.4 is 10.6 Å². The van der Waals surface area contributed by atoms with Gasteiger partial charge in [0.15, 0.2) is 5.96 Å². The molecule has 0 aromatic heterocycles. The molecule has 0 radical (unpaired) electrons. The van der Waals surface area contributed by atoms with E-state index in [1.165, 1.54) is 6.07 Å². The fourth-order valence-corrected chi connectivity index (χ4v) is 2.41. The van der Waals surface area contributed by atoms with Crippen LogP contribution in [0.25, 0.3) is 0 Å². The standard InChI is InChI=1S/C16H24N4O4.HI/c1-17-16(18-8-4-9-24-14-7-10-23-12-14)19-11-13-5-2-3-6-15(13)20(21)22;/h2-3,5-6,14H,4,7-12H2,1H3,(H2,17,18,19);1H. The van der Waals surface area contributed by atoms with Crippen LogP contribution in [0.5, 0.6) is 0 Å². The summed E-state index contributed by atoms with van der Waals surface area (Å²) in [4.78, 5) is 14.7. The van der Waals surface area contributed by atoms with Gasteiger partial charge in [-0.2, -0.15) is 0 Å². The Labute approximate surface area is 164 Å². The van der Waals surface area contributed by atoms with Crippen LogP contribution >= 0.6 is 24.0 Å². The highest BCUT2D eigenvalue weighted by atomic mass is 127. The molecule has 9 heteroatoms. The van der Waals surface area contributed by atoms with E-state index in [-0.39, 0.29) is 40.7 Å². The minimum absolute atomic E-state index is 0. The first-order chi connectivity index (χ1) is 11.7. The molecule has 1 aliphatic rings. The van der Waals surface area contributed by atoms with Crippen LogP contribution in [0.3, 0.4) is 0 Å². The van der Waals surface area contributed by atoms with Gasteiger partial charge in [-0.05, 0) is 12.8 Å². The van der Waals surface area contributed by atoms with Gasteiger partial charge in [0.25, 0.3) is 5.69 Å². The van der Waals surface area contributed by atoms with Gasteiger partial charge in [-0.25, -0.2) is 0 Å². The van der Waals surface area contributed by atoms with Crippen LogP contribution in [0, 0.1) is 10.1 Å². The molecule has 1 atom stereocenters. The zero-order valence-electron chi connectivity index (χ0n) is 14.3. The average molecular weight is 464 g/mol. The summed E-state index contributed by atoms with van der Waals surface area (Å²) >= 11 is 0. The average Bonchev–Trinajstić information content (AvgIpc) is 3.11. The van der Waals surface area contributed by atoms with E-state index in [1.54, 1.807) is 25.2 Å². The van der Waals surface area contributed by atoms with E-state index in [0.717, 1.165) is 19.4 Å². The summed E-state index contributed by atoms with van der Waals surface area (Å²) in [6.45, 7) is 3.19. The topological polar surface area (TPSA) is 98.0 Å². The van der Waals surface area contributed by atoms with Crippen molar-refractivity contribution in [1.82, 2.24) is 10.6 Å². The molecule has 2 rings (SSSR count). The third kappa shape index (κ3) is 7.53. The van der Waals surface area contributed by atoms with Crippen molar-refractivity contribution >= 4 is 35.6 Å². The number of hydrogen-bond donors (Lipinski definition) is 2. The third-order valence-electron chi connectivity index (χ3n) is 3.71. The summed E-state index contributed by atoms with van der Waals surface area (Å²) in [5.74, 6) is 0.609. The molecule has 0 amide bonds. The van der Waals surface area contributed by atoms with Crippen LogP contribution in [0.4, 0.5) is 5.69 Å². The summed E-state index contributed by atoms with van der Waals surface area (Å²) in [5.41, 5.74) is 0.725. The zero-order chi connectivity index (χ0) is 17.2. The molecule has 1 aromatic rings. The predicted octanol–water partition coefficient (Wildman–Crippen LogP) is 2.07. The van der Waals surface area contributed by atoms with E-state index >= 15 is 0 Å². The number of nitro groups is 1. The number of nitro benzene ring substituents is 1. The second-order valence-electron chi connectivity index (χ2n) is 5.45. The van der Waals surface area contributed by atoms with Crippen molar-refractivity contribution in [2.75, 3.05) is 33.4 Å². The van der Waals surface area contributed by atoms with Crippen molar-refractivity contribution in [3.63, 3.8) is 0 Å². The molecule has 1 unspecified atom stereocenters. The van der Waals surface area contributed by atoms with Crippen molar-refractivity contribution in [3.05, 3.63) is 39.9 Å². The quantitative estimate of drug-likeness (QED) is 0.153. The summed E-state index contributed by atoms with van der Waals surface area (Å²) in [6.07, 6.45) is 2.04. The molecule has 1 saturated heterocycles. The monoisotopic (exact) mass is 464 g/mol. The summed E-state index contributed by atoms with van der Waals surface area (Å²) < 4.78 is 10.9. The van der Waals surface area contributed by atoms with E-state index in [0.29, 0.717) is 37.8 Å². The van der Waals surface area contributed by atoms with E-state index in [9.17, 15) is 10.1 Å². The molecule has 0 saturated carbocycles. The molecular weight excluding hydrogens is 439 g/mol. The summed E-state index contributed by atoms with van der Waals surface area (Å²) in [7, 11) is 1.67. The van der Waals surface area contributed by atoms with Crippen LogP contribution in [0.2, 0.25) is 0 Å². The first kappa shape index (κ1) is 21.6. The molecule has 1 aromatic carbocycles. The number of guanidine groups is 1.